The molecule has 3 heterocycles. The van der Waals surface area contributed by atoms with Crippen LogP contribution in [0.25, 0.3) is 10.2 Å². The fraction of sp³-hybridized carbons (Fsp3) is 0.231. The van der Waals surface area contributed by atoms with Gasteiger partial charge in [-0.25, -0.2) is 14.8 Å². The van der Waals surface area contributed by atoms with Crippen molar-refractivity contribution in [2.75, 3.05) is 11.9 Å². The van der Waals surface area contributed by atoms with Gasteiger partial charge in [0.2, 0.25) is 0 Å². The highest BCUT2D eigenvalue weighted by atomic mass is 32.1. The predicted octanol–water partition coefficient (Wildman–Crippen LogP) is 2.91. The molecule has 1 N–H and O–H groups in total. The number of fused-ring (bicyclic) bond motifs is 1. The van der Waals surface area contributed by atoms with E-state index < -0.39 is 5.97 Å². The van der Waals surface area contributed by atoms with Gasteiger partial charge in [0, 0.05) is 11.4 Å². The summed E-state index contributed by atoms with van der Waals surface area (Å²) in [5.41, 5.74) is 0.445. The van der Waals surface area contributed by atoms with E-state index in [2.05, 4.69) is 20.4 Å². The Hall–Kier alpha value is -2.48. The number of aromatic nitrogens is 3. The van der Waals surface area contributed by atoms with Gasteiger partial charge in [0.05, 0.1) is 17.6 Å². The van der Waals surface area contributed by atoms with Gasteiger partial charge in [-0.15, -0.1) is 11.3 Å². The number of carbonyl (C=O) groups excluding carboxylic acids is 1. The van der Waals surface area contributed by atoms with Crippen LogP contribution in [0, 0.1) is 6.92 Å². The molecule has 8 heteroatoms. The van der Waals surface area contributed by atoms with Crippen LogP contribution in [0.2, 0.25) is 0 Å². The molecule has 21 heavy (non-hydrogen) atoms. The Morgan fingerprint density at radius 1 is 1.48 bits per heavy atom. The van der Waals surface area contributed by atoms with E-state index in [1.165, 1.54) is 17.7 Å². The van der Waals surface area contributed by atoms with Gasteiger partial charge < -0.3 is 14.6 Å². The molecular formula is C13H12N4O3S. The molecule has 0 fully saturated rings. The first-order valence-corrected chi connectivity index (χ1v) is 7.16. The Morgan fingerprint density at radius 2 is 2.33 bits per heavy atom. The molecule has 0 saturated heterocycles. The van der Waals surface area contributed by atoms with E-state index in [1.54, 1.807) is 25.3 Å². The monoisotopic (exact) mass is 304 g/mol. The predicted molar refractivity (Wildman–Crippen MR) is 77.9 cm³/mol. The number of thiophene rings is 1. The third kappa shape index (κ3) is 2.57. The van der Waals surface area contributed by atoms with Crippen molar-refractivity contribution in [3.63, 3.8) is 0 Å². The second-order valence-corrected chi connectivity index (χ2v) is 5.08. The molecule has 0 aliphatic heterocycles. The first-order valence-electron chi connectivity index (χ1n) is 6.28. The van der Waals surface area contributed by atoms with E-state index in [4.69, 9.17) is 9.26 Å². The van der Waals surface area contributed by atoms with Crippen molar-refractivity contribution >= 4 is 39.2 Å². The smallest absolute Gasteiger partial charge is 0.339 e. The van der Waals surface area contributed by atoms with Gasteiger partial charge >= 0.3 is 5.97 Å². The molecule has 108 valence electrons. The van der Waals surface area contributed by atoms with Gasteiger partial charge in [0.25, 0.3) is 0 Å². The third-order valence-corrected chi connectivity index (χ3v) is 3.63. The summed E-state index contributed by atoms with van der Waals surface area (Å²) in [4.78, 5) is 21.0. The number of hydrogen-bond acceptors (Lipinski definition) is 8. The highest BCUT2D eigenvalue weighted by Crippen LogP contribution is 2.31. The lowest BCUT2D eigenvalue weighted by atomic mass is 10.2. The van der Waals surface area contributed by atoms with Gasteiger partial charge in [-0.2, -0.15) is 0 Å². The van der Waals surface area contributed by atoms with Crippen LogP contribution in [0.4, 0.5) is 11.6 Å². The maximum absolute atomic E-state index is 12.0. The van der Waals surface area contributed by atoms with Crippen LogP contribution in [0.3, 0.4) is 0 Å². The average Bonchev–Trinajstić information content (AvgIpc) is 3.06. The summed E-state index contributed by atoms with van der Waals surface area (Å²) in [5, 5.41) is 9.23. The number of hydrogen-bond donors (Lipinski definition) is 1. The number of aryl methyl sites for hydroxylation is 1. The topological polar surface area (TPSA) is 90.1 Å². The summed E-state index contributed by atoms with van der Waals surface area (Å²) in [5.74, 6) is 1.31. The molecule has 0 amide bonds. The summed E-state index contributed by atoms with van der Waals surface area (Å²) in [6, 6.07) is 1.74. The molecule has 0 bridgehead atoms. The number of rotatable bonds is 4. The zero-order valence-corrected chi connectivity index (χ0v) is 12.2. The zero-order valence-electron chi connectivity index (χ0n) is 11.4. The van der Waals surface area contributed by atoms with Crippen LogP contribution < -0.4 is 5.32 Å². The highest BCUT2D eigenvalue weighted by Gasteiger charge is 2.18. The molecule has 3 aromatic rings. The van der Waals surface area contributed by atoms with Crippen molar-refractivity contribution < 1.29 is 14.1 Å². The minimum Gasteiger partial charge on any atom is -0.462 e. The van der Waals surface area contributed by atoms with Crippen molar-refractivity contribution in [3.8, 4) is 0 Å². The zero-order chi connectivity index (χ0) is 14.8. The Kier molecular flexibility index (Phi) is 3.53. The number of anilines is 2. The van der Waals surface area contributed by atoms with Gasteiger partial charge in [0.1, 0.15) is 22.7 Å². The van der Waals surface area contributed by atoms with Crippen LogP contribution in [0.15, 0.2) is 22.3 Å². The first kappa shape index (κ1) is 13.5. The van der Waals surface area contributed by atoms with Crippen molar-refractivity contribution in [1.29, 1.82) is 0 Å². The van der Waals surface area contributed by atoms with Crippen LogP contribution in [0.1, 0.15) is 23.0 Å². The molecule has 0 spiro atoms. The molecular weight excluding hydrogens is 292 g/mol. The molecule has 3 rings (SSSR count). The summed E-state index contributed by atoms with van der Waals surface area (Å²) >= 11 is 1.36. The largest absolute Gasteiger partial charge is 0.462 e. The Morgan fingerprint density at radius 3 is 3.05 bits per heavy atom. The van der Waals surface area contributed by atoms with Crippen molar-refractivity contribution in [2.45, 2.75) is 13.8 Å². The maximum atomic E-state index is 12.0. The SMILES string of the molecule is CCOC(=O)c1csc2ncnc(Nc3cc(C)on3)c12. The quantitative estimate of drug-likeness (QED) is 0.741. The summed E-state index contributed by atoms with van der Waals surface area (Å²) in [7, 11) is 0. The van der Waals surface area contributed by atoms with Crippen molar-refractivity contribution in [1.82, 2.24) is 15.1 Å². The molecule has 0 aromatic carbocycles. The Balaban J connectivity index is 2.05. The molecule has 0 aliphatic carbocycles. The van der Waals surface area contributed by atoms with Gasteiger partial charge in [-0.1, -0.05) is 5.16 Å². The molecule has 0 saturated carbocycles. The molecule has 0 atom stereocenters. The van der Waals surface area contributed by atoms with Crippen molar-refractivity contribution in [3.05, 3.63) is 29.1 Å². The summed E-state index contributed by atoms with van der Waals surface area (Å²) in [6.07, 6.45) is 1.43. The standard InChI is InChI=1S/C13H12N4O3S/c1-3-19-13(18)8-5-21-12-10(8)11(14-6-15-12)16-9-4-7(2)20-17-9/h4-6H,3H2,1-2H3,(H,14,15,16,17). The fourth-order valence-corrected chi connectivity index (χ4v) is 2.75. The van der Waals surface area contributed by atoms with Crippen LogP contribution in [0.5, 0.6) is 0 Å². The number of nitrogens with one attached hydrogen (secondary N) is 1. The molecule has 0 aliphatic rings. The van der Waals surface area contributed by atoms with E-state index in [1.807, 2.05) is 0 Å². The minimum absolute atomic E-state index is 0.315. The fourth-order valence-electron chi connectivity index (χ4n) is 1.88. The molecule has 7 nitrogen and oxygen atoms in total. The van der Waals surface area contributed by atoms with Gasteiger partial charge in [-0.05, 0) is 13.8 Å². The van der Waals surface area contributed by atoms with E-state index in [9.17, 15) is 4.79 Å². The Bertz CT molecular complexity index is 796. The summed E-state index contributed by atoms with van der Waals surface area (Å²) in [6.45, 7) is 3.87. The lowest BCUT2D eigenvalue weighted by Gasteiger charge is -2.05. The molecule has 0 unspecified atom stereocenters. The van der Waals surface area contributed by atoms with Gasteiger partial charge in [0.15, 0.2) is 5.82 Å². The molecule has 0 radical (unpaired) electrons. The second kappa shape index (κ2) is 5.49. The number of nitrogens with zero attached hydrogens (tertiary/aromatic N) is 3. The lowest BCUT2D eigenvalue weighted by molar-refractivity contribution is 0.0529. The van der Waals surface area contributed by atoms with E-state index in [0.29, 0.717) is 39.8 Å². The third-order valence-electron chi connectivity index (χ3n) is 2.74. The van der Waals surface area contributed by atoms with Crippen molar-refractivity contribution in [2.24, 2.45) is 0 Å². The van der Waals surface area contributed by atoms with E-state index in [0.717, 1.165) is 0 Å². The highest BCUT2D eigenvalue weighted by molar-refractivity contribution is 7.17. The number of esters is 1. The lowest BCUT2D eigenvalue weighted by Crippen LogP contribution is -2.05. The van der Waals surface area contributed by atoms with Gasteiger partial charge in [-0.3, -0.25) is 0 Å². The van der Waals surface area contributed by atoms with Crippen LogP contribution >= 0.6 is 11.3 Å². The van der Waals surface area contributed by atoms with Crippen LogP contribution in [-0.4, -0.2) is 27.7 Å². The van der Waals surface area contributed by atoms with E-state index in [-0.39, 0.29) is 0 Å². The average molecular weight is 304 g/mol. The normalized spacial score (nSPS) is 10.8. The second-order valence-electron chi connectivity index (χ2n) is 4.22. The van der Waals surface area contributed by atoms with Crippen LogP contribution in [-0.2, 0) is 4.74 Å². The van der Waals surface area contributed by atoms with E-state index >= 15 is 0 Å². The molecule has 3 aromatic heterocycles. The number of carbonyl (C=O) groups is 1. The first-order chi connectivity index (χ1) is 10.2. The Labute approximate surface area is 123 Å². The maximum Gasteiger partial charge on any atom is 0.339 e. The minimum atomic E-state index is -0.391. The summed E-state index contributed by atoms with van der Waals surface area (Å²) < 4.78 is 10.1. The number of ether oxygens (including phenoxy) is 1.